The van der Waals surface area contributed by atoms with Gasteiger partial charge in [0.1, 0.15) is 5.75 Å². The Kier molecular flexibility index (Phi) is 12.0. The molecule has 1 aliphatic heterocycles. The van der Waals surface area contributed by atoms with Gasteiger partial charge in [-0.2, -0.15) is 0 Å². The highest BCUT2D eigenvalue weighted by Crippen LogP contribution is 2.19. The molecule has 0 spiro atoms. The summed E-state index contributed by atoms with van der Waals surface area (Å²) < 4.78 is 28.6. The highest BCUT2D eigenvalue weighted by atomic mass is 127. The molecule has 0 aliphatic carbocycles. The Morgan fingerprint density at radius 1 is 1.20 bits per heavy atom. The van der Waals surface area contributed by atoms with Crippen LogP contribution in [-0.4, -0.2) is 81.3 Å². The van der Waals surface area contributed by atoms with E-state index in [4.69, 9.17) is 4.74 Å². The summed E-state index contributed by atoms with van der Waals surface area (Å²) >= 11 is 0. The molecule has 1 aliphatic rings. The fraction of sp³-hybridized carbons (Fsp3) is 0.650. The third-order valence-electron chi connectivity index (χ3n) is 4.56. The molecule has 10 heteroatoms. The molecule has 1 aromatic rings. The van der Waals surface area contributed by atoms with Crippen LogP contribution in [0.15, 0.2) is 29.3 Å². The maximum atomic E-state index is 11.5. The highest BCUT2D eigenvalue weighted by molar-refractivity contribution is 14.0. The van der Waals surface area contributed by atoms with Gasteiger partial charge in [-0.1, -0.05) is 12.1 Å². The number of nitrogens with one attached hydrogen (secondary N) is 2. The Balaban J connectivity index is 0.00000450. The first-order valence-electron chi connectivity index (χ1n) is 10.2. The first-order valence-corrected chi connectivity index (χ1v) is 12.0. The summed E-state index contributed by atoms with van der Waals surface area (Å²) in [6, 6.07) is 7.40. The zero-order valence-electron chi connectivity index (χ0n) is 18.0. The number of halogens is 1. The maximum Gasteiger partial charge on any atom is 0.191 e. The van der Waals surface area contributed by atoms with Gasteiger partial charge in [0, 0.05) is 32.7 Å². The average Bonchev–Trinajstić information content (AvgIpc) is 2.67. The summed E-state index contributed by atoms with van der Waals surface area (Å²) in [7, 11) is -2.85. The molecule has 0 amide bonds. The zero-order chi connectivity index (χ0) is 21.3. The summed E-state index contributed by atoms with van der Waals surface area (Å²) in [6.07, 6.45) is -0.593. The van der Waals surface area contributed by atoms with Crippen LogP contribution < -0.4 is 15.4 Å². The second-order valence-corrected chi connectivity index (χ2v) is 9.69. The lowest BCUT2D eigenvalue weighted by atomic mass is 10.1. The second-order valence-electron chi connectivity index (χ2n) is 7.39. The lowest BCUT2D eigenvalue weighted by Crippen LogP contribution is -2.46. The van der Waals surface area contributed by atoms with Crippen LogP contribution in [0, 0.1) is 0 Å². The summed E-state index contributed by atoms with van der Waals surface area (Å²) in [5, 5.41) is 16.8. The number of ether oxygens (including phenoxy) is 1. The first-order chi connectivity index (χ1) is 13.8. The number of guanidine groups is 1. The van der Waals surface area contributed by atoms with Crippen molar-refractivity contribution < 1.29 is 18.3 Å². The van der Waals surface area contributed by atoms with Crippen LogP contribution in [0.4, 0.5) is 0 Å². The van der Waals surface area contributed by atoms with Crippen LogP contribution in [0.1, 0.15) is 32.4 Å². The number of aliphatic imine (C=N–C) groups is 1. The molecule has 1 unspecified atom stereocenters. The van der Waals surface area contributed by atoms with Crippen molar-refractivity contribution in [1.82, 2.24) is 15.5 Å². The Morgan fingerprint density at radius 3 is 2.40 bits per heavy atom. The van der Waals surface area contributed by atoms with Gasteiger partial charge < -0.3 is 20.5 Å². The molecule has 0 aromatic heterocycles. The number of aliphatic hydroxyl groups excluding tert-OH is 1. The number of aliphatic hydroxyl groups is 1. The monoisotopic (exact) mass is 554 g/mol. The van der Waals surface area contributed by atoms with Crippen LogP contribution in [-0.2, 0) is 9.84 Å². The van der Waals surface area contributed by atoms with Gasteiger partial charge in [-0.05, 0) is 38.5 Å². The van der Waals surface area contributed by atoms with E-state index >= 15 is 0 Å². The van der Waals surface area contributed by atoms with Gasteiger partial charge in [0.05, 0.1) is 30.3 Å². The molecular weight excluding hydrogens is 519 g/mol. The molecule has 2 rings (SSSR count). The number of nitrogens with zero attached hydrogens (tertiary/aromatic N) is 2. The lowest BCUT2D eigenvalue weighted by Gasteiger charge is -2.26. The van der Waals surface area contributed by atoms with Crippen molar-refractivity contribution >= 4 is 39.8 Å². The molecule has 0 saturated carbocycles. The molecule has 1 heterocycles. The smallest absolute Gasteiger partial charge is 0.191 e. The molecule has 8 nitrogen and oxygen atoms in total. The number of hydrogen-bond acceptors (Lipinski definition) is 6. The van der Waals surface area contributed by atoms with Gasteiger partial charge in [-0.15, -0.1) is 24.0 Å². The lowest BCUT2D eigenvalue weighted by molar-refractivity contribution is 0.186. The van der Waals surface area contributed by atoms with E-state index in [0.29, 0.717) is 32.1 Å². The molecule has 30 heavy (non-hydrogen) atoms. The summed E-state index contributed by atoms with van der Waals surface area (Å²) in [4.78, 5) is 6.60. The zero-order valence-corrected chi connectivity index (χ0v) is 21.2. The van der Waals surface area contributed by atoms with Crippen LogP contribution >= 0.6 is 24.0 Å². The van der Waals surface area contributed by atoms with E-state index in [1.165, 1.54) is 0 Å². The third-order valence-corrected chi connectivity index (χ3v) is 6.17. The second kappa shape index (κ2) is 13.3. The summed E-state index contributed by atoms with van der Waals surface area (Å²) in [5.41, 5.74) is 0.787. The van der Waals surface area contributed by atoms with Gasteiger partial charge in [0.15, 0.2) is 15.8 Å². The van der Waals surface area contributed by atoms with Crippen molar-refractivity contribution in [3.8, 4) is 5.75 Å². The molecular formula is C20H35IN4O4S. The van der Waals surface area contributed by atoms with Crippen molar-refractivity contribution in [3.05, 3.63) is 29.8 Å². The van der Waals surface area contributed by atoms with Gasteiger partial charge in [-0.3, -0.25) is 9.89 Å². The normalized spacial score (nSPS) is 17.8. The predicted octanol–water partition coefficient (Wildman–Crippen LogP) is 1.41. The van der Waals surface area contributed by atoms with Crippen LogP contribution in [0.3, 0.4) is 0 Å². The molecule has 1 atom stereocenters. The summed E-state index contributed by atoms with van der Waals surface area (Å²) in [6.45, 7) is 9.44. The van der Waals surface area contributed by atoms with E-state index in [0.717, 1.165) is 17.9 Å². The van der Waals surface area contributed by atoms with E-state index in [9.17, 15) is 13.5 Å². The number of benzene rings is 1. The van der Waals surface area contributed by atoms with Crippen LogP contribution in [0.2, 0.25) is 0 Å². The minimum atomic E-state index is -2.85. The van der Waals surface area contributed by atoms with Crippen molar-refractivity contribution in [3.63, 3.8) is 0 Å². The predicted molar refractivity (Wildman–Crippen MR) is 132 cm³/mol. The number of sulfone groups is 1. The van der Waals surface area contributed by atoms with Crippen LogP contribution in [0.5, 0.6) is 5.75 Å². The molecule has 172 valence electrons. The molecule has 1 fully saturated rings. The molecule has 3 N–H and O–H groups in total. The Labute approximate surface area is 197 Å². The topological polar surface area (TPSA) is 103 Å². The van der Waals surface area contributed by atoms with Crippen molar-refractivity contribution in [2.24, 2.45) is 4.99 Å². The Morgan fingerprint density at radius 2 is 1.83 bits per heavy atom. The van der Waals surface area contributed by atoms with E-state index in [1.807, 2.05) is 45.0 Å². The first kappa shape index (κ1) is 26.9. The number of rotatable bonds is 9. The standard InChI is InChI=1S/C20H34N4O4S.HI/c1-4-21-20(22-9-10-24-11-13-29(26,27)14-12-24)23-15-19(25)17-5-7-18(8-6-17)28-16(2)3;/h5-8,16,19,25H,4,9-15H2,1-3H3,(H2,21,22,23);1H. The SMILES string of the molecule is CCNC(=NCC(O)c1ccc(OC(C)C)cc1)NCCN1CCS(=O)(=O)CC1.I. The van der Waals surface area contributed by atoms with E-state index in [-0.39, 0.29) is 48.1 Å². The van der Waals surface area contributed by atoms with E-state index < -0.39 is 15.9 Å². The Bertz CT molecular complexity index is 743. The molecule has 0 radical (unpaired) electrons. The minimum absolute atomic E-state index is 0. The van der Waals surface area contributed by atoms with Gasteiger partial charge in [-0.25, -0.2) is 8.42 Å². The average molecular weight is 554 g/mol. The summed E-state index contributed by atoms with van der Waals surface area (Å²) in [5.74, 6) is 1.87. The van der Waals surface area contributed by atoms with Gasteiger partial charge >= 0.3 is 0 Å². The quantitative estimate of drug-likeness (QED) is 0.241. The van der Waals surface area contributed by atoms with Crippen LogP contribution in [0.25, 0.3) is 0 Å². The number of hydrogen-bond donors (Lipinski definition) is 3. The largest absolute Gasteiger partial charge is 0.491 e. The molecule has 1 aromatic carbocycles. The van der Waals surface area contributed by atoms with Crippen molar-refractivity contribution in [1.29, 1.82) is 0 Å². The van der Waals surface area contributed by atoms with Gasteiger partial charge in [0.25, 0.3) is 0 Å². The van der Waals surface area contributed by atoms with Gasteiger partial charge in [0.2, 0.25) is 0 Å². The minimum Gasteiger partial charge on any atom is -0.491 e. The fourth-order valence-corrected chi connectivity index (χ4v) is 4.25. The van der Waals surface area contributed by atoms with E-state index in [1.54, 1.807) is 0 Å². The molecule has 1 saturated heterocycles. The van der Waals surface area contributed by atoms with E-state index in [2.05, 4.69) is 20.5 Å². The molecule has 0 bridgehead atoms. The third kappa shape index (κ3) is 9.80. The highest BCUT2D eigenvalue weighted by Gasteiger charge is 2.21. The Hall–Kier alpha value is -1.11. The van der Waals surface area contributed by atoms with Crippen molar-refractivity contribution in [2.45, 2.75) is 33.0 Å². The maximum absolute atomic E-state index is 11.5. The fourth-order valence-electron chi connectivity index (χ4n) is 2.97. The van der Waals surface area contributed by atoms with Crippen molar-refractivity contribution in [2.75, 3.05) is 50.8 Å².